The Morgan fingerprint density at radius 1 is 1.45 bits per heavy atom. The summed E-state index contributed by atoms with van der Waals surface area (Å²) in [5, 5.41) is 4.62. The second-order valence-electron chi connectivity index (χ2n) is 5.31. The van der Waals surface area contributed by atoms with Crippen LogP contribution in [0.5, 0.6) is 0 Å². The van der Waals surface area contributed by atoms with Crippen LogP contribution in [-0.4, -0.2) is 27.5 Å². The number of rotatable bonds is 5. The molecule has 1 fully saturated rings. The van der Waals surface area contributed by atoms with Crippen molar-refractivity contribution < 1.29 is 0 Å². The standard InChI is InChI=1S/C14H20N4S2/c1-3-9-7-10-11(17-13(15)18-12(10)20-9)16-8-14(19-2)5-4-6-14/h7H,3-6,8H2,1-2H3,(H3,15,16,17,18). The van der Waals surface area contributed by atoms with Gasteiger partial charge in [0.05, 0.1) is 5.39 Å². The SMILES string of the molecule is CCc1cc2c(NCC3(SC)CCC3)nc(N)nc2s1. The Morgan fingerprint density at radius 2 is 2.25 bits per heavy atom. The maximum atomic E-state index is 5.83. The van der Waals surface area contributed by atoms with Gasteiger partial charge in [-0.15, -0.1) is 11.3 Å². The van der Waals surface area contributed by atoms with E-state index in [0.29, 0.717) is 10.7 Å². The van der Waals surface area contributed by atoms with Crippen molar-refractivity contribution in [2.24, 2.45) is 0 Å². The zero-order valence-corrected chi connectivity index (χ0v) is 13.5. The van der Waals surface area contributed by atoms with Gasteiger partial charge in [-0.05, 0) is 31.6 Å². The number of hydrogen-bond acceptors (Lipinski definition) is 6. The van der Waals surface area contributed by atoms with Gasteiger partial charge in [-0.25, -0.2) is 4.98 Å². The zero-order valence-electron chi connectivity index (χ0n) is 11.9. The molecule has 0 atom stereocenters. The van der Waals surface area contributed by atoms with Gasteiger partial charge in [0.25, 0.3) is 0 Å². The van der Waals surface area contributed by atoms with Crippen molar-refractivity contribution in [3.8, 4) is 0 Å². The van der Waals surface area contributed by atoms with Gasteiger partial charge < -0.3 is 11.1 Å². The molecule has 3 N–H and O–H groups in total. The van der Waals surface area contributed by atoms with E-state index in [2.05, 4.69) is 34.5 Å². The van der Waals surface area contributed by atoms with E-state index in [-0.39, 0.29) is 0 Å². The van der Waals surface area contributed by atoms with Crippen LogP contribution in [0.2, 0.25) is 0 Å². The minimum absolute atomic E-state index is 0.358. The van der Waals surface area contributed by atoms with E-state index >= 15 is 0 Å². The van der Waals surface area contributed by atoms with Gasteiger partial charge in [-0.1, -0.05) is 13.3 Å². The van der Waals surface area contributed by atoms with E-state index in [1.165, 1.54) is 24.1 Å². The Bertz CT molecular complexity index is 613. The summed E-state index contributed by atoms with van der Waals surface area (Å²) >= 11 is 3.67. The predicted molar refractivity (Wildman–Crippen MR) is 89.8 cm³/mol. The predicted octanol–water partition coefficient (Wildman–Crippen LogP) is 3.53. The highest BCUT2D eigenvalue weighted by molar-refractivity contribution is 8.00. The van der Waals surface area contributed by atoms with Gasteiger partial charge in [-0.2, -0.15) is 16.7 Å². The maximum absolute atomic E-state index is 5.83. The third kappa shape index (κ3) is 2.46. The molecule has 20 heavy (non-hydrogen) atoms. The summed E-state index contributed by atoms with van der Waals surface area (Å²) in [7, 11) is 0. The third-order valence-corrected chi connectivity index (χ3v) is 6.68. The molecule has 0 unspecified atom stereocenters. The van der Waals surface area contributed by atoms with E-state index in [1.807, 2.05) is 11.8 Å². The van der Waals surface area contributed by atoms with Crippen LogP contribution >= 0.6 is 23.1 Å². The lowest BCUT2D eigenvalue weighted by molar-refractivity contribution is 0.380. The molecule has 0 amide bonds. The fourth-order valence-electron chi connectivity index (χ4n) is 2.57. The number of anilines is 2. The molecule has 2 aromatic rings. The number of fused-ring (bicyclic) bond motifs is 1. The lowest BCUT2D eigenvalue weighted by Crippen LogP contribution is -2.40. The molecule has 2 heterocycles. The Kier molecular flexibility index (Phi) is 3.77. The molecule has 108 valence electrons. The lowest BCUT2D eigenvalue weighted by atomic mass is 9.84. The van der Waals surface area contributed by atoms with Crippen LogP contribution in [-0.2, 0) is 6.42 Å². The zero-order chi connectivity index (χ0) is 14.2. The highest BCUT2D eigenvalue weighted by Gasteiger charge is 2.36. The van der Waals surface area contributed by atoms with Crippen molar-refractivity contribution in [3.63, 3.8) is 0 Å². The summed E-state index contributed by atoms with van der Waals surface area (Å²) in [6, 6.07) is 2.19. The summed E-state index contributed by atoms with van der Waals surface area (Å²) in [6.07, 6.45) is 7.13. The molecule has 0 radical (unpaired) electrons. The van der Waals surface area contributed by atoms with Gasteiger partial charge >= 0.3 is 0 Å². The van der Waals surface area contributed by atoms with Crippen LogP contribution in [0.3, 0.4) is 0 Å². The number of aromatic nitrogens is 2. The second-order valence-corrected chi connectivity index (χ2v) is 7.70. The number of thioether (sulfide) groups is 1. The molecular formula is C14H20N4S2. The normalized spacial score (nSPS) is 17.1. The van der Waals surface area contributed by atoms with Crippen LogP contribution in [0.25, 0.3) is 10.2 Å². The highest BCUT2D eigenvalue weighted by Crippen LogP contribution is 2.43. The molecule has 6 heteroatoms. The molecule has 2 aromatic heterocycles. The first kappa shape index (κ1) is 13.9. The van der Waals surface area contributed by atoms with Gasteiger partial charge in [0, 0.05) is 16.2 Å². The molecule has 1 aliphatic carbocycles. The summed E-state index contributed by atoms with van der Waals surface area (Å²) in [6.45, 7) is 3.11. The lowest BCUT2D eigenvalue weighted by Gasteiger charge is -2.40. The summed E-state index contributed by atoms with van der Waals surface area (Å²) in [5.41, 5.74) is 5.83. The molecule has 3 rings (SSSR count). The number of thiophene rings is 1. The molecule has 0 aliphatic heterocycles. The van der Waals surface area contributed by atoms with Gasteiger partial charge in [0.2, 0.25) is 5.95 Å². The second kappa shape index (κ2) is 5.41. The summed E-state index contributed by atoms with van der Waals surface area (Å²) in [4.78, 5) is 11.1. The van der Waals surface area contributed by atoms with Crippen molar-refractivity contribution in [1.82, 2.24) is 9.97 Å². The molecule has 4 nitrogen and oxygen atoms in total. The van der Waals surface area contributed by atoms with Gasteiger partial charge in [-0.3, -0.25) is 0 Å². The molecule has 1 saturated carbocycles. The first-order valence-corrected chi connectivity index (χ1v) is 9.05. The number of nitrogen functional groups attached to an aromatic ring is 1. The van der Waals surface area contributed by atoms with Crippen molar-refractivity contribution in [1.29, 1.82) is 0 Å². The first-order valence-electron chi connectivity index (χ1n) is 7.01. The fourth-order valence-corrected chi connectivity index (χ4v) is 4.45. The van der Waals surface area contributed by atoms with Crippen LogP contribution in [0.4, 0.5) is 11.8 Å². The van der Waals surface area contributed by atoms with E-state index in [4.69, 9.17) is 5.73 Å². The largest absolute Gasteiger partial charge is 0.368 e. The monoisotopic (exact) mass is 308 g/mol. The van der Waals surface area contributed by atoms with Crippen LogP contribution < -0.4 is 11.1 Å². The van der Waals surface area contributed by atoms with E-state index in [0.717, 1.165) is 29.0 Å². The van der Waals surface area contributed by atoms with E-state index in [9.17, 15) is 0 Å². The minimum Gasteiger partial charge on any atom is -0.368 e. The number of nitrogens with one attached hydrogen (secondary N) is 1. The summed E-state index contributed by atoms with van der Waals surface area (Å²) < 4.78 is 0.385. The van der Waals surface area contributed by atoms with Crippen LogP contribution in [0.1, 0.15) is 31.1 Å². The number of nitrogens with two attached hydrogens (primary N) is 1. The molecule has 0 spiro atoms. The molecule has 0 aromatic carbocycles. The van der Waals surface area contributed by atoms with Crippen LogP contribution in [0.15, 0.2) is 6.07 Å². The van der Waals surface area contributed by atoms with Crippen molar-refractivity contribution in [2.75, 3.05) is 23.9 Å². The Hall–Kier alpha value is -1.01. The summed E-state index contributed by atoms with van der Waals surface area (Å²) in [5.74, 6) is 1.25. The third-order valence-electron chi connectivity index (χ3n) is 4.09. The smallest absolute Gasteiger partial charge is 0.223 e. The quantitative estimate of drug-likeness (QED) is 0.884. The number of aryl methyl sites for hydroxylation is 1. The molecule has 1 aliphatic rings. The minimum atomic E-state index is 0.358. The van der Waals surface area contributed by atoms with Crippen LogP contribution in [0, 0.1) is 0 Å². The fraction of sp³-hybridized carbons (Fsp3) is 0.571. The Balaban J connectivity index is 1.88. The Labute approximate surface area is 127 Å². The number of nitrogens with zero attached hydrogens (tertiary/aromatic N) is 2. The van der Waals surface area contributed by atoms with Gasteiger partial charge in [0.1, 0.15) is 10.6 Å². The molecule has 0 bridgehead atoms. The van der Waals surface area contributed by atoms with Crippen molar-refractivity contribution in [2.45, 2.75) is 37.4 Å². The molecular weight excluding hydrogens is 288 g/mol. The Morgan fingerprint density at radius 3 is 2.85 bits per heavy atom. The topological polar surface area (TPSA) is 63.8 Å². The first-order chi connectivity index (χ1) is 9.65. The maximum Gasteiger partial charge on any atom is 0.223 e. The average Bonchev–Trinajstić information content (AvgIpc) is 2.80. The molecule has 0 saturated heterocycles. The van der Waals surface area contributed by atoms with Gasteiger partial charge in [0.15, 0.2) is 0 Å². The number of hydrogen-bond donors (Lipinski definition) is 2. The average molecular weight is 308 g/mol. The van der Waals surface area contributed by atoms with E-state index < -0.39 is 0 Å². The van der Waals surface area contributed by atoms with Crippen molar-refractivity contribution >= 4 is 45.1 Å². The van der Waals surface area contributed by atoms with E-state index in [1.54, 1.807) is 11.3 Å². The van der Waals surface area contributed by atoms with Crippen molar-refractivity contribution in [3.05, 3.63) is 10.9 Å². The highest BCUT2D eigenvalue weighted by atomic mass is 32.2.